The first-order chi connectivity index (χ1) is 8.68. The molecule has 0 bridgehead atoms. The maximum atomic E-state index is 11.3. The third kappa shape index (κ3) is 8.76. The number of amides is 1. The lowest BCUT2D eigenvalue weighted by molar-refractivity contribution is 0.0476. The van der Waals surface area contributed by atoms with Gasteiger partial charge in [-0.25, -0.2) is 4.79 Å². The first-order valence-corrected chi connectivity index (χ1v) is 7.54. The maximum Gasteiger partial charge on any atom is 0.407 e. The van der Waals surface area contributed by atoms with Gasteiger partial charge in [0, 0.05) is 12.6 Å². The zero-order valence-corrected chi connectivity index (χ0v) is 12.2. The van der Waals surface area contributed by atoms with Gasteiger partial charge >= 0.3 is 6.09 Å². The van der Waals surface area contributed by atoms with Crippen LogP contribution < -0.4 is 14.9 Å². The predicted octanol–water partition coefficient (Wildman–Crippen LogP) is 0.0291. The molecule has 0 spiro atoms. The molecule has 1 saturated carbocycles. The lowest BCUT2D eigenvalue weighted by Crippen LogP contribution is -2.40. The van der Waals surface area contributed by atoms with Gasteiger partial charge in [-0.1, -0.05) is 4.89 Å². The second-order valence-corrected chi connectivity index (χ2v) is 6.67. The summed E-state index contributed by atoms with van der Waals surface area (Å²) in [4.78, 5) is 17.9. The van der Waals surface area contributed by atoms with Crippen LogP contribution in [-0.2, 0) is 19.8 Å². The van der Waals surface area contributed by atoms with E-state index < -0.39 is 21.9 Å². The Morgan fingerprint density at radius 2 is 1.95 bits per heavy atom. The Bertz CT molecular complexity index is 400. The molecule has 1 rings (SSSR count). The Hall–Kier alpha value is -0.900. The Morgan fingerprint density at radius 1 is 1.32 bits per heavy atom. The minimum atomic E-state index is -3.61. The second kappa shape index (κ2) is 6.51. The molecule has 0 saturated heterocycles. The molecular formula is C10H21N3O5S. The largest absolute Gasteiger partial charge is 0.444 e. The molecule has 1 amide bonds. The highest BCUT2D eigenvalue weighted by Gasteiger charge is 2.26. The summed E-state index contributed by atoms with van der Waals surface area (Å²) in [6, 6.07) is 0.0148. The van der Waals surface area contributed by atoms with E-state index in [-0.39, 0.29) is 19.2 Å². The molecule has 112 valence electrons. The van der Waals surface area contributed by atoms with E-state index in [4.69, 9.17) is 9.57 Å². The molecule has 9 heteroatoms. The summed E-state index contributed by atoms with van der Waals surface area (Å²) in [6.07, 6.45) is 1.12. The van der Waals surface area contributed by atoms with Crippen molar-refractivity contribution < 1.29 is 22.8 Å². The fourth-order valence-corrected chi connectivity index (χ4v) is 2.04. The van der Waals surface area contributed by atoms with Crippen LogP contribution in [0, 0.1) is 0 Å². The number of alkyl carbamates (subject to hydrolysis) is 1. The van der Waals surface area contributed by atoms with Crippen LogP contribution in [0.3, 0.4) is 0 Å². The fraction of sp³-hybridized carbons (Fsp3) is 0.900. The molecule has 1 aliphatic rings. The van der Waals surface area contributed by atoms with Crippen LogP contribution in [0.15, 0.2) is 0 Å². The first-order valence-electron chi connectivity index (χ1n) is 6.06. The summed E-state index contributed by atoms with van der Waals surface area (Å²) in [5, 5.41) is 2.44. The highest BCUT2D eigenvalue weighted by molar-refractivity contribution is 7.87. The van der Waals surface area contributed by atoms with Crippen LogP contribution in [0.2, 0.25) is 0 Å². The summed E-state index contributed by atoms with van der Waals surface area (Å²) in [5.74, 6) is 0. The molecule has 0 aromatic heterocycles. The molecule has 19 heavy (non-hydrogen) atoms. The fourth-order valence-electron chi connectivity index (χ4n) is 1.08. The Labute approximate surface area is 113 Å². The van der Waals surface area contributed by atoms with Crippen molar-refractivity contribution in [2.75, 3.05) is 13.2 Å². The first kappa shape index (κ1) is 16.2. The van der Waals surface area contributed by atoms with Gasteiger partial charge in [-0.05, 0) is 33.6 Å². The van der Waals surface area contributed by atoms with Gasteiger partial charge in [0.15, 0.2) is 0 Å². The molecule has 1 fully saturated rings. The highest BCUT2D eigenvalue weighted by atomic mass is 32.2. The van der Waals surface area contributed by atoms with E-state index in [0.717, 1.165) is 12.8 Å². The quantitative estimate of drug-likeness (QED) is 0.454. The van der Waals surface area contributed by atoms with Gasteiger partial charge in [0.2, 0.25) is 0 Å². The predicted molar refractivity (Wildman–Crippen MR) is 68.4 cm³/mol. The SMILES string of the molecule is CC(C)(C)OC(=O)NCCONS(=O)(=O)NC1CC1. The minimum Gasteiger partial charge on any atom is -0.444 e. The number of carbonyl (C=O) groups is 1. The normalized spacial score (nSPS) is 16.2. The van der Waals surface area contributed by atoms with E-state index in [9.17, 15) is 13.2 Å². The molecule has 8 nitrogen and oxygen atoms in total. The molecule has 0 radical (unpaired) electrons. The molecule has 1 aliphatic carbocycles. The van der Waals surface area contributed by atoms with E-state index in [2.05, 4.69) is 10.0 Å². The van der Waals surface area contributed by atoms with Gasteiger partial charge < -0.3 is 10.1 Å². The van der Waals surface area contributed by atoms with Crippen molar-refractivity contribution in [2.45, 2.75) is 45.3 Å². The Kier molecular flexibility index (Phi) is 5.53. The topological polar surface area (TPSA) is 106 Å². The van der Waals surface area contributed by atoms with Crippen LogP contribution in [-0.4, -0.2) is 39.3 Å². The smallest absolute Gasteiger partial charge is 0.407 e. The van der Waals surface area contributed by atoms with Crippen molar-refractivity contribution in [3.63, 3.8) is 0 Å². The summed E-state index contributed by atoms with van der Waals surface area (Å²) in [6.45, 7) is 5.40. The molecule has 0 aliphatic heterocycles. The van der Waals surface area contributed by atoms with Crippen molar-refractivity contribution in [3.8, 4) is 0 Å². The third-order valence-electron chi connectivity index (χ3n) is 1.94. The lowest BCUT2D eigenvalue weighted by atomic mass is 10.2. The van der Waals surface area contributed by atoms with Crippen LogP contribution in [0.5, 0.6) is 0 Å². The van der Waals surface area contributed by atoms with E-state index >= 15 is 0 Å². The van der Waals surface area contributed by atoms with Gasteiger partial charge in [0.1, 0.15) is 5.60 Å². The van der Waals surface area contributed by atoms with E-state index in [1.165, 1.54) is 0 Å². The van der Waals surface area contributed by atoms with Crippen LogP contribution >= 0.6 is 0 Å². The van der Waals surface area contributed by atoms with Gasteiger partial charge in [0.05, 0.1) is 6.61 Å². The molecule has 0 aromatic carbocycles. The van der Waals surface area contributed by atoms with Gasteiger partial charge in [0.25, 0.3) is 10.2 Å². The van der Waals surface area contributed by atoms with E-state index in [1.807, 2.05) is 4.89 Å². The standard InChI is InChI=1S/C10H21N3O5S/c1-10(2,3)18-9(14)11-6-7-17-13-19(15,16)12-8-4-5-8/h8,12-13H,4-7H2,1-3H3,(H,11,14). The summed E-state index contributed by atoms with van der Waals surface area (Å²) in [7, 11) is -3.61. The maximum absolute atomic E-state index is 11.3. The Balaban J connectivity index is 2.06. The summed E-state index contributed by atoms with van der Waals surface area (Å²) < 4.78 is 30.0. The average Bonchev–Trinajstić information content (AvgIpc) is 2.97. The average molecular weight is 295 g/mol. The van der Waals surface area contributed by atoms with E-state index in [0.29, 0.717) is 0 Å². The summed E-state index contributed by atoms with van der Waals surface area (Å²) in [5.41, 5.74) is -0.569. The van der Waals surface area contributed by atoms with Gasteiger partial charge in [-0.15, -0.1) is 0 Å². The van der Waals surface area contributed by atoms with E-state index in [1.54, 1.807) is 20.8 Å². The number of ether oxygens (including phenoxy) is 1. The number of hydrogen-bond acceptors (Lipinski definition) is 5. The van der Waals surface area contributed by atoms with Gasteiger partial charge in [-0.2, -0.15) is 13.1 Å². The highest BCUT2D eigenvalue weighted by Crippen LogP contribution is 2.19. The summed E-state index contributed by atoms with van der Waals surface area (Å²) >= 11 is 0. The molecular weight excluding hydrogens is 274 g/mol. The van der Waals surface area contributed by atoms with Crippen molar-refractivity contribution in [3.05, 3.63) is 0 Å². The molecule has 0 heterocycles. The molecule has 0 atom stereocenters. The van der Waals surface area contributed by atoms with Crippen LogP contribution in [0.4, 0.5) is 4.79 Å². The lowest BCUT2D eigenvalue weighted by Gasteiger charge is -2.19. The second-order valence-electron chi connectivity index (χ2n) is 5.26. The van der Waals surface area contributed by atoms with Gasteiger partial charge in [-0.3, -0.25) is 4.84 Å². The number of carbonyl (C=O) groups excluding carboxylic acids is 1. The number of hydrogen-bond donors (Lipinski definition) is 3. The van der Waals surface area contributed by atoms with Crippen molar-refractivity contribution in [1.29, 1.82) is 0 Å². The van der Waals surface area contributed by atoms with Crippen LogP contribution in [0.25, 0.3) is 0 Å². The third-order valence-corrected chi connectivity index (χ3v) is 2.92. The zero-order chi connectivity index (χ0) is 14.5. The van der Waals surface area contributed by atoms with Crippen molar-refractivity contribution >= 4 is 16.3 Å². The zero-order valence-electron chi connectivity index (χ0n) is 11.4. The number of rotatable bonds is 7. The number of nitrogens with one attached hydrogen (secondary N) is 3. The molecule has 3 N–H and O–H groups in total. The van der Waals surface area contributed by atoms with Crippen LogP contribution in [0.1, 0.15) is 33.6 Å². The molecule has 0 aromatic rings. The Morgan fingerprint density at radius 3 is 2.47 bits per heavy atom. The molecule has 0 unspecified atom stereocenters. The minimum absolute atomic E-state index is 0.00478. The monoisotopic (exact) mass is 295 g/mol. The van der Waals surface area contributed by atoms with Crippen molar-refractivity contribution in [2.24, 2.45) is 0 Å². The van der Waals surface area contributed by atoms with Crippen molar-refractivity contribution in [1.82, 2.24) is 14.9 Å².